The number of hydrogen-bond donors (Lipinski definition) is 0. The van der Waals surface area contributed by atoms with Crippen LogP contribution in [0.25, 0.3) is 27.0 Å². The number of carbonyl (C=O) groups excluding carboxylic acids is 1. The Labute approximate surface area is 257 Å². The maximum Gasteiger partial charge on any atom is 0.534 e. The molecule has 4 heterocycles. The predicted molar refractivity (Wildman–Crippen MR) is 152 cm³/mol. The molecular formula is C27H26F6N4O6S2. The van der Waals surface area contributed by atoms with Gasteiger partial charge in [0.2, 0.25) is 0 Å². The lowest BCUT2D eigenvalue weighted by molar-refractivity contribution is -0.0500. The van der Waals surface area contributed by atoms with Crippen LogP contribution in [0.15, 0.2) is 42.0 Å². The molecule has 1 amide bonds. The molecule has 0 aliphatic carbocycles. The number of amides is 1. The summed E-state index contributed by atoms with van der Waals surface area (Å²) in [6.45, 7) is 10.4. The molecule has 4 rings (SSSR count). The lowest BCUT2D eigenvalue weighted by atomic mass is 9.96. The molecule has 3 aromatic rings. The molecule has 0 spiro atoms. The van der Waals surface area contributed by atoms with Gasteiger partial charge in [-0.1, -0.05) is 6.58 Å². The lowest BCUT2D eigenvalue weighted by Gasteiger charge is -2.33. The fourth-order valence-electron chi connectivity index (χ4n) is 4.49. The van der Waals surface area contributed by atoms with E-state index in [1.165, 1.54) is 15.6 Å². The monoisotopic (exact) mass is 680 g/mol. The van der Waals surface area contributed by atoms with Crippen molar-refractivity contribution >= 4 is 43.2 Å². The van der Waals surface area contributed by atoms with Gasteiger partial charge in [0, 0.05) is 29.0 Å². The number of fused-ring (bicyclic) bond motifs is 2. The Bertz CT molecular complexity index is 1840. The number of nitrogens with zero attached hydrogens (tertiary/aromatic N) is 4. The molecule has 0 saturated heterocycles. The number of carbonyl (C=O) groups is 1. The van der Waals surface area contributed by atoms with Gasteiger partial charge in [0.25, 0.3) is 5.88 Å². The fraction of sp³-hybridized carbons (Fsp3) is 0.370. The summed E-state index contributed by atoms with van der Waals surface area (Å²) in [6.07, 6.45) is -0.447. The maximum atomic E-state index is 15.5. The molecule has 1 aliphatic heterocycles. The van der Waals surface area contributed by atoms with Gasteiger partial charge in [-0.15, -0.1) is 11.3 Å². The number of rotatable bonds is 7. The molecule has 18 heteroatoms. The van der Waals surface area contributed by atoms with Gasteiger partial charge in [-0.25, -0.2) is 22.9 Å². The van der Waals surface area contributed by atoms with E-state index in [4.69, 9.17) is 9.47 Å². The van der Waals surface area contributed by atoms with Crippen LogP contribution in [-0.2, 0) is 26.1 Å². The summed E-state index contributed by atoms with van der Waals surface area (Å²) in [6, 6.07) is 0.837. The quantitative estimate of drug-likeness (QED) is 0.0850. The van der Waals surface area contributed by atoms with Crippen LogP contribution >= 0.6 is 11.3 Å². The third-order valence-electron chi connectivity index (χ3n) is 6.30. The second-order valence-corrected chi connectivity index (χ2v) is 13.1. The van der Waals surface area contributed by atoms with Crippen molar-refractivity contribution in [3.05, 3.63) is 59.1 Å². The third-order valence-corrected chi connectivity index (χ3v) is 8.18. The molecule has 0 radical (unpaired) electrons. The second-order valence-electron chi connectivity index (χ2n) is 10.7. The minimum atomic E-state index is -6.30. The van der Waals surface area contributed by atoms with Crippen LogP contribution in [0.3, 0.4) is 0 Å². The Balaban J connectivity index is 2.04. The summed E-state index contributed by atoms with van der Waals surface area (Å²) in [7, 11) is -5.22. The van der Waals surface area contributed by atoms with Crippen LogP contribution in [0.5, 0.6) is 5.88 Å². The van der Waals surface area contributed by atoms with E-state index in [0.717, 1.165) is 12.5 Å². The molecule has 0 N–H and O–H groups in total. The van der Waals surface area contributed by atoms with E-state index >= 15 is 8.78 Å². The molecule has 0 aromatic carbocycles. The van der Waals surface area contributed by atoms with E-state index < -0.39 is 83.6 Å². The van der Waals surface area contributed by atoms with Gasteiger partial charge in [-0.2, -0.15) is 26.7 Å². The van der Waals surface area contributed by atoms with Crippen LogP contribution in [0, 0.1) is 5.82 Å². The molecule has 0 fully saturated rings. The summed E-state index contributed by atoms with van der Waals surface area (Å²) in [5.74, 6) is -4.11. The van der Waals surface area contributed by atoms with Gasteiger partial charge < -0.3 is 18.6 Å². The Morgan fingerprint density at radius 3 is 2.49 bits per heavy atom. The first kappa shape index (κ1) is 33.8. The Morgan fingerprint density at radius 2 is 1.91 bits per heavy atom. The Morgan fingerprint density at radius 1 is 1.24 bits per heavy atom. The topological polar surface area (TPSA) is 113 Å². The number of pyridine rings is 1. The second kappa shape index (κ2) is 12.0. The SMILES string of the molecule is C=C(OC)C(=C(F)/C=C/F)c1c(-c2cc3n(n2)C(C)CN(C(=O)OC(C)(C)C)C3)nc(OS(=O)(=O)C(F)(F)F)c2scc(F)c12. The average molecular weight is 681 g/mol. The lowest BCUT2D eigenvalue weighted by Crippen LogP contribution is -2.43. The molecule has 1 unspecified atom stereocenters. The van der Waals surface area contributed by atoms with Gasteiger partial charge in [-0.05, 0) is 33.8 Å². The highest BCUT2D eigenvalue weighted by Crippen LogP contribution is 2.46. The van der Waals surface area contributed by atoms with Gasteiger partial charge in [0.1, 0.15) is 39.1 Å². The first-order valence-corrected chi connectivity index (χ1v) is 15.2. The fourth-order valence-corrected chi connectivity index (χ4v) is 5.81. The summed E-state index contributed by atoms with van der Waals surface area (Å²) < 4.78 is 124. The highest BCUT2D eigenvalue weighted by atomic mass is 32.2. The summed E-state index contributed by atoms with van der Waals surface area (Å²) in [4.78, 5) is 18.2. The predicted octanol–water partition coefficient (Wildman–Crippen LogP) is 7.16. The zero-order valence-corrected chi connectivity index (χ0v) is 26.0. The number of aromatic nitrogens is 3. The number of thiophene rings is 1. The van der Waals surface area contributed by atoms with Crippen molar-refractivity contribution in [1.82, 2.24) is 19.7 Å². The van der Waals surface area contributed by atoms with Gasteiger partial charge in [-0.3, -0.25) is 4.68 Å². The maximum absolute atomic E-state index is 15.5. The van der Waals surface area contributed by atoms with E-state index in [1.54, 1.807) is 27.7 Å². The zero-order valence-electron chi connectivity index (χ0n) is 24.3. The molecule has 0 saturated carbocycles. The van der Waals surface area contributed by atoms with Gasteiger partial charge in [0.15, 0.2) is 0 Å². The highest BCUT2D eigenvalue weighted by Gasteiger charge is 2.49. The smallest absolute Gasteiger partial charge is 0.497 e. The third kappa shape index (κ3) is 6.66. The molecular weight excluding hydrogens is 654 g/mol. The van der Waals surface area contributed by atoms with Crippen molar-refractivity contribution in [3.8, 4) is 17.3 Å². The average Bonchev–Trinajstić information content (AvgIpc) is 3.52. The summed E-state index contributed by atoms with van der Waals surface area (Å²) >= 11 is 0.422. The van der Waals surface area contributed by atoms with Crippen molar-refractivity contribution < 1.29 is 53.2 Å². The van der Waals surface area contributed by atoms with E-state index in [0.29, 0.717) is 23.1 Å². The van der Waals surface area contributed by atoms with Crippen LogP contribution in [0.2, 0.25) is 0 Å². The van der Waals surface area contributed by atoms with E-state index in [1.807, 2.05) is 0 Å². The van der Waals surface area contributed by atoms with Crippen LogP contribution < -0.4 is 4.18 Å². The summed E-state index contributed by atoms with van der Waals surface area (Å²) in [5.41, 5.74) is -8.24. The number of ether oxygens (including phenoxy) is 2. The first-order valence-electron chi connectivity index (χ1n) is 12.9. The van der Waals surface area contributed by atoms with Crippen molar-refractivity contribution in [2.45, 2.75) is 51.4 Å². The molecule has 244 valence electrons. The first-order chi connectivity index (χ1) is 20.8. The minimum Gasteiger partial charge on any atom is -0.497 e. The van der Waals surface area contributed by atoms with Crippen molar-refractivity contribution in [3.63, 3.8) is 0 Å². The standard InChI is InChI=1S/C27H26F6N4O6S2/c1-13-10-36(25(38)42-26(3,4)5)11-15-9-18(35-37(13)15)22-21(19(14(2)41-6)16(29)7-8-28)20-17(30)12-44-23(20)24(34-22)43-45(39,40)27(31,32)33/h7-9,12-13H,2,10-11H2,1,3-6H3/b8-7+,19-16?. The van der Waals surface area contributed by atoms with Crippen molar-refractivity contribution in [2.75, 3.05) is 13.7 Å². The highest BCUT2D eigenvalue weighted by molar-refractivity contribution is 7.88. The van der Waals surface area contributed by atoms with Crippen LogP contribution in [0.1, 0.15) is 45.0 Å². The summed E-state index contributed by atoms with van der Waals surface area (Å²) in [5, 5.41) is 4.62. The van der Waals surface area contributed by atoms with E-state index in [-0.39, 0.29) is 25.1 Å². The number of hydrogen-bond acceptors (Lipinski definition) is 9. The number of alkyl halides is 3. The zero-order chi connectivity index (χ0) is 33.6. The molecule has 3 aromatic heterocycles. The molecule has 45 heavy (non-hydrogen) atoms. The van der Waals surface area contributed by atoms with E-state index in [2.05, 4.69) is 20.8 Å². The molecule has 0 bridgehead atoms. The molecule has 10 nitrogen and oxygen atoms in total. The van der Waals surface area contributed by atoms with Gasteiger partial charge in [0.05, 0.1) is 37.3 Å². The van der Waals surface area contributed by atoms with Crippen LogP contribution in [-0.4, -0.2) is 58.9 Å². The van der Waals surface area contributed by atoms with Crippen LogP contribution in [0.4, 0.5) is 31.1 Å². The normalized spacial score (nSPS) is 16.5. The van der Waals surface area contributed by atoms with E-state index in [9.17, 15) is 30.8 Å². The largest absolute Gasteiger partial charge is 0.534 e. The van der Waals surface area contributed by atoms with Crippen molar-refractivity contribution in [2.24, 2.45) is 0 Å². The number of allylic oxidation sites excluding steroid dienone is 3. The number of halogens is 6. The minimum absolute atomic E-state index is 0.0606. The molecule has 1 aliphatic rings. The molecule has 1 atom stereocenters. The Hall–Kier alpha value is -4.06. The number of methoxy groups -OCH3 is 1. The van der Waals surface area contributed by atoms with Gasteiger partial charge >= 0.3 is 21.7 Å². The Kier molecular flexibility index (Phi) is 9.05. The van der Waals surface area contributed by atoms with Crippen molar-refractivity contribution in [1.29, 1.82) is 0 Å².